The van der Waals surface area contributed by atoms with Crippen LogP contribution in [0.25, 0.3) is 11.1 Å². The van der Waals surface area contributed by atoms with Gasteiger partial charge in [0.15, 0.2) is 0 Å². The first-order chi connectivity index (χ1) is 14.1. The average molecular weight is 413 g/mol. The predicted molar refractivity (Wildman–Crippen MR) is 122 cm³/mol. The van der Waals surface area contributed by atoms with Crippen LogP contribution in [-0.2, 0) is 0 Å². The van der Waals surface area contributed by atoms with Gasteiger partial charge in [-0.1, -0.05) is 87.4 Å². The molecule has 29 heavy (non-hydrogen) atoms. The third-order valence-corrected chi connectivity index (χ3v) is 7.91. The molecule has 2 aromatic rings. The highest BCUT2D eigenvalue weighted by molar-refractivity contribution is 6.30. The van der Waals surface area contributed by atoms with Gasteiger partial charge in [0.2, 0.25) is 0 Å². The van der Waals surface area contributed by atoms with Gasteiger partial charge in [0.05, 0.1) is 5.02 Å². The minimum absolute atomic E-state index is 0.181. The van der Waals surface area contributed by atoms with E-state index >= 15 is 0 Å². The van der Waals surface area contributed by atoms with Crippen molar-refractivity contribution in [3.05, 3.63) is 58.9 Å². The molecule has 0 aliphatic heterocycles. The molecule has 0 nitrogen and oxygen atoms in total. The highest BCUT2D eigenvalue weighted by atomic mass is 35.5. The molecular weight excluding hydrogens is 379 g/mol. The van der Waals surface area contributed by atoms with Crippen molar-refractivity contribution in [2.24, 2.45) is 17.8 Å². The van der Waals surface area contributed by atoms with Crippen molar-refractivity contribution in [2.75, 3.05) is 0 Å². The van der Waals surface area contributed by atoms with Gasteiger partial charge < -0.3 is 0 Å². The molecule has 2 aliphatic carbocycles. The summed E-state index contributed by atoms with van der Waals surface area (Å²) in [6.45, 7) is 2.41. The molecule has 4 rings (SSSR count). The lowest BCUT2D eigenvalue weighted by atomic mass is 9.74. The lowest BCUT2D eigenvalue weighted by Gasteiger charge is -2.31. The lowest BCUT2D eigenvalue weighted by molar-refractivity contribution is 0.237. The first kappa shape index (κ1) is 20.9. The fourth-order valence-corrected chi connectivity index (χ4v) is 5.61. The summed E-state index contributed by atoms with van der Waals surface area (Å²) < 4.78 is 13.7. The zero-order valence-corrected chi connectivity index (χ0v) is 18.4. The van der Waals surface area contributed by atoms with Gasteiger partial charge in [-0.2, -0.15) is 0 Å². The summed E-state index contributed by atoms with van der Waals surface area (Å²) in [6.07, 6.45) is 14.2. The Balaban J connectivity index is 1.27. The van der Waals surface area contributed by atoms with Gasteiger partial charge in [-0.15, -0.1) is 0 Å². The maximum atomic E-state index is 13.7. The monoisotopic (exact) mass is 412 g/mol. The quantitative estimate of drug-likeness (QED) is 0.459. The summed E-state index contributed by atoms with van der Waals surface area (Å²) in [5.41, 5.74) is 3.39. The Kier molecular flexibility index (Phi) is 6.96. The van der Waals surface area contributed by atoms with Crippen LogP contribution in [0.3, 0.4) is 0 Å². The normalized spacial score (nSPS) is 27.7. The first-order valence-corrected chi connectivity index (χ1v) is 12.0. The van der Waals surface area contributed by atoms with Crippen LogP contribution < -0.4 is 0 Å². The molecule has 0 aromatic heterocycles. The van der Waals surface area contributed by atoms with E-state index in [0.717, 1.165) is 28.9 Å². The SMILES string of the molecule is CC1CCC(CCC2CCC(c3ccc(-c4ccc(Cl)c(F)c4)cc3)CC2)CC1. The molecule has 0 saturated heterocycles. The van der Waals surface area contributed by atoms with Crippen molar-refractivity contribution >= 4 is 11.6 Å². The van der Waals surface area contributed by atoms with E-state index < -0.39 is 0 Å². The van der Waals surface area contributed by atoms with E-state index in [1.54, 1.807) is 6.07 Å². The molecule has 0 bridgehead atoms. The van der Waals surface area contributed by atoms with Gasteiger partial charge >= 0.3 is 0 Å². The zero-order chi connectivity index (χ0) is 20.2. The van der Waals surface area contributed by atoms with Gasteiger partial charge in [0, 0.05) is 0 Å². The zero-order valence-electron chi connectivity index (χ0n) is 17.7. The summed E-state index contributed by atoms with van der Waals surface area (Å²) in [7, 11) is 0. The van der Waals surface area contributed by atoms with E-state index in [-0.39, 0.29) is 10.8 Å². The van der Waals surface area contributed by atoms with Crippen molar-refractivity contribution in [1.29, 1.82) is 0 Å². The smallest absolute Gasteiger partial charge is 0.142 e. The summed E-state index contributed by atoms with van der Waals surface area (Å²) in [6, 6.07) is 13.8. The number of halogens is 2. The Morgan fingerprint density at radius 1 is 0.759 bits per heavy atom. The fourth-order valence-electron chi connectivity index (χ4n) is 5.50. The molecule has 0 N–H and O–H groups in total. The van der Waals surface area contributed by atoms with Crippen molar-refractivity contribution in [3.63, 3.8) is 0 Å². The van der Waals surface area contributed by atoms with E-state index in [0.29, 0.717) is 5.92 Å². The van der Waals surface area contributed by atoms with Gasteiger partial charge in [-0.3, -0.25) is 0 Å². The lowest BCUT2D eigenvalue weighted by Crippen LogP contribution is -2.16. The van der Waals surface area contributed by atoms with Gasteiger partial charge in [-0.25, -0.2) is 4.39 Å². The third-order valence-electron chi connectivity index (χ3n) is 7.60. The van der Waals surface area contributed by atoms with Crippen LogP contribution in [0, 0.1) is 23.6 Å². The standard InChI is InChI=1S/C27H34ClF/c1-19-2-4-20(5-3-19)6-7-21-8-10-22(11-9-21)23-12-14-24(15-13-23)25-16-17-26(28)27(29)18-25/h12-22H,2-11H2,1H3. The number of rotatable bonds is 5. The van der Waals surface area contributed by atoms with Crippen molar-refractivity contribution in [3.8, 4) is 11.1 Å². The average Bonchev–Trinajstić information content (AvgIpc) is 2.76. The van der Waals surface area contributed by atoms with Gasteiger partial charge in [0.1, 0.15) is 5.82 Å². The molecule has 2 aromatic carbocycles. The van der Waals surface area contributed by atoms with Crippen LogP contribution in [-0.4, -0.2) is 0 Å². The molecule has 0 unspecified atom stereocenters. The van der Waals surface area contributed by atoms with Gasteiger partial charge in [0.25, 0.3) is 0 Å². The van der Waals surface area contributed by atoms with Crippen LogP contribution in [0.2, 0.25) is 5.02 Å². The molecule has 156 valence electrons. The number of hydrogen-bond donors (Lipinski definition) is 0. The minimum Gasteiger partial charge on any atom is -0.205 e. The molecule has 0 spiro atoms. The maximum Gasteiger partial charge on any atom is 0.142 e. The largest absolute Gasteiger partial charge is 0.205 e. The third kappa shape index (κ3) is 5.43. The first-order valence-electron chi connectivity index (χ1n) is 11.6. The second-order valence-electron chi connectivity index (χ2n) is 9.67. The molecule has 2 fully saturated rings. The summed E-state index contributed by atoms with van der Waals surface area (Å²) in [5, 5.41) is 0.181. The summed E-state index contributed by atoms with van der Waals surface area (Å²) >= 11 is 5.80. The molecule has 2 aliphatic rings. The predicted octanol–water partition coefficient (Wildman–Crippen LogP) is 9.03. The topological polar surface area (TPSA) is 0 Å². The van der Waals surface area contributed by atoms with Gasteiger partial charge in [-0.05, 0) is 78.2 Å². The molecule has 0 atom stereocenters. The Labute approximate surface area is 180 Å². The molecule has 2 saturated carbocycles. The molecular formula is C27H34ClF. The second-order valence-corrected chi connectivity index (χ2v) is 10.1. The highest BCUT2D eigenvalue weighted by Gasteiger charge is 2.24. The van der Waals surface area contributed by atoms with Crippen molar-refractivity contribution < 1.29 is 4.39 Å². The van der Waals surface area contributed by atoms with E-state index in [9.17, 15) is 4.39 Å². The van der Waals surface area contributed by atoms with Crippen molar-refractivity contribution in [2.45, 2.75) is 77.0 Å². The van der Waals surface area contributed by atoms with E-state index in [4.69, 9.17) is 11.6 Å². The Morgan fingerprint density at radius 2 is 1.31 bits per heavy atom. The minimum atomic E-state index is -0.352. The molecule has 2 heteroatoms. The van der Waals surface area contributed by atoms with Crippen molar-refractivity contribution in [1.82, 2.24) is 0 Å². The number of hydrogen-bond acceptors (Lipinski definition) is 0. The summed E-state index contributed by atoms with van der Waals surface area (Å²) in [5.74, 6) is 3.26. The van der Waals surface area contributed by atoms with E-state index in [1.165, 1.54) is 75.8 Å². The maximum absolute atomic E-state index is 13.7. The summed E-state index contributed by atoms with van der Waals surface area (Å²) in [4.78, 5) is 0. The second kappa shape index (κ2) is 9.65. The van der Waals surface area contributed by atoms with E-state index in [1.807, 2.05) is 6.07 Å². The van der Waals surface area contributed by atoms with E-state index in [2.05, 4.69) is 31.2 Å². The molecule has 0 radical (unpaired) electrons. The molecule has 0 amide bonds. The van der Waals surface area contributed by atoms with Crippen LogP contribution in [0.1, 0.15) is 82.6 Å². The van der Waals surface area contributed by atoms with Crippen LogP contribution >= 0.6 is 11.6 Å². The van der Waals surface area contributed by atoms with Crippen LogP contribution in [0.5, 0.6) is 0 Å². The highest BCUT2D eigenvalue weighted by Crippen LogP contribution is 2.40. The Hall–Kier alpha value is -1.34. The Morgan fingerprint density at radius 3 is 1.90 bits per heavy atom. The van der Waals surface area contributed by atoms with Crippen LogP contribution in [0.4, 0.5) is 4.39 Å². The number of benzene rings is 2. The molecule has 0 heterocycles. The van der Waals surface area contributed by atoms with Crippen LogP contribution in [0.15, 0.2) is 42.5 Å². The fraction of sp³-hybridized carbons (Fsp3) is 0.556. The Bertz CT molecular complexity index is 781.